The highest BCUT2D eigenvalue weighted by Gasteiger charge is 2.27. The minimum absolute atomic E-state index is 0.0557. The highest BCUT2D eigenvalue weighted by Crippen LogP contribution is 2.27. The lowest BCUT2D eigenvalue weighted by atomic mass is 9.99. The minimum Gasteiger partial charge on any atom is -0.489 e. The molecule has 1 aliphatic heterocycles. The van der Waals surface area contributed by atoms with E-state index in [0.29, 0.717) is 18.6 Å². The van der Waals surface area contributed by atoms with Gasteiger partial charge in [0.05, 0.1) is 5.60 Å². The molecule has 1 unspecified atom stereocenters. The summed E-state index contributed by atoms with van der Waals surface area (Å²) in [7, 11) is 1.82. The molecular formula is C29H44N2O2. The van der Waals surface area contributed by atoms with E-state index in [9.17, 15) is 0 Å². The van der Waals surface area contributed by atoms with E-state index in [1.54, 1.807) is 0 Å². The molecule has 3 rings (SSSR count). The van der Waals surface area contributed by atoms with Crippen LogP contribution in [0, 0.1) is 5.92 Å². The fourth-order valence-electron chi connectivity index (χ4n) is 4.41. The number of anilines is 1. The second-order valence-electron chi connectivity index (χ2n) is 10.5. The number of likely N-dealkylation sites (tertiary alicyclic amines) is 1. The Balaban J connectivity index is 1.64. The van der Waals surface area contributed by atoms with Crippen LogP contribution in [-0.2, 0) is 11.3 Å². The summed E-state index contributed by atoms with van der Waals surface area (Å²) in [6.07, 6.45) is 4.79. The Morgan fingerprint density at radius 3 is 2.45 bits per heavy atom. The summed E-state index contributed by atoms with van der Waals surface area (Å²) in [6, 6.07) is 19.6. The van der Waals surface area contributed by atoms with Crippen molar-refractivity contribution in [3.05, 3.63) is 60.2 Å². The van der Waals surface area contributed by atoms with Gasteiger partial charge in [-0.3, -0.25) is 0 Å². The molecule has 0 aromatic heterocycles. The number of piperidine rings is 1. The lowest BCUT2D eigenvalue weighted by molar-refractivity contribution is 0.00543. The summed E-state index contributed by atoms with van der Waals surface area (Å²) in [5, 5.41) is 0. The molecule has 0 spiro atoms. The largest absolute Gasteiger partial charge is 0.489 e. The van der Waals surface area contributed by atoms with Crippen LogP contribution in [0.3, 0.4) is 0 Å². The van der Waals surface area contributed by atoms with Crippen LogP contribution in [0.25, 0.3) is 0 Å². The highest BCUT2D eigenvalue weighted by atomic mass is 16.5. The van der Waals surface area contributed by atoms with Gasteiger partial charge in [-0.2, -0.15) is 0 Å². The average Bonchev–Trinajstić information content (AvgIpc) is 2.83. The molecule has 4 heteroatoms. The van der Waals surface area contributed by atoms with E-state index in [1.165, 1.54) is 37.1 Å². The van der Waals surface area contributed by atoms with E-state index in [1.807, 2.05) is 13.2 Å². The molecule has 1 fully saturated rings. The van der Waals surface area contributed by atoms with Crippen LogP contribution in [-0.4, -0.2) is 49.8 Å². The fourth-order valence-corrected chi connectivity index (χ4v) is 4.41. The second kappa shape index (κ2) is 12.4. The maximum Gasteiger partial charge on any atom is 0.119 e. The number of methoxy groups -OCH3 is 1. The Kier molecular flexibility index (Phi) is 9.64. The van der Waals surface area contributed by atoms with Crippen molar-refractivity contribution in [2.45, 2.75) is 71.6 Å². The van der Waals surface area contributed by atoms with Crippen LogP contribution in [0.4, 0.5) is 5.69 Å². The van der Waals surface area contributed by atoms with Crippen molar-refractivity contribution in [2.75, 3.05) is 38.2 Å². The van der Waals surface area contributed by atoms with Gasteiger partial charge in [-0.15, -0.1) is 0 Å². The predicted octanol–water partition coefficient (Wildman–Crippen LogP) is 6.40. The number of hydrogen-bond acceptors (Lipinski definition) is 4. The van der Waals surface area contributed by atoms with Gasteiger partial charge in [-0.1, -0.05) is 44.2 Å². The van der Waals surface area contributed by atoms with E-state index in [0.717, 1.165) is 31.8 Å². The summed E-state index contributed by atoms with van der Waals surface area (Å²) >= 11 is 0. The maximum atomic E-state index is 6.02. The van der Waals surface area contributed by atoms with Crippen molar-refractivity contribution in [3.8, 4) is 5.75 Å². The smallest absolute Gasteiger partial charge is 0.119 e. The number of ether oxygens (including phenoxy) is 2. The van der Waals surface area contributed by atoms with Gasteiger partial charge in [-0.25, -0.2) is 0 Å². The molecular weight excluding hydrogens is 408 g/mol. The molecule has 1 saturated heterocycles. The monoisotopic (exact) mass is 452 g/mol. The molecule has 0 N–H and O–H groups in total. The third-order valence-corrected chi connectivity index (χ3v) is 6.87. The first-order valence-electron chi connectivity index (χ1n) is 12.7. The quantitative estimate of drug-likeness (QED) is 0.372. The van der Waals surface area contributed by atoms with Gasteiger partial charge in [0.1, 0.15) is 12.4 Å². The topological polar surface area (TPSA) is 24.9 Å². The Morgan fingerprint density at radius 1 is 1.06 bits per heavy atom. The van der Waals surface area contributed by atoms with Crippen molar-refractivity contribution >= 4 is 5.69 Å². The summed E-state index contributed by atoms with van der Waals surface area (Å²) in [5.74, 6) is 1.63. The molecule has 0 saturated carbocycles. The molecule has 0 bridgehead atoms. The first kappa shape index (κ1) is 25.6. The normalized spacial score (nSPS) is 17.3. The third kappa shape index (κ3) is 8.35. The first-order chi connectivity index (χ1) is 15.9. The van der Waals surface area contributed by atoms with Gasteiger partial charge in [-0.05, 0) is 81.8 Å². The molecule has 1 atom stereocenters. The van der Waals surface area contributed by atoms with E-state index < -0.39 is 0 Å². The summed E-state index contributed by atoms with van der Waals surface area (Å²) in [4.78, 5) is 5.28. The molecule has 2 aromatic rings. The maximum absolute atomic E-state index is 6.02. The lowest BCUT2D eigenvalue weighted by Gasteiger charge is -2.41. The Labute approximate surface area is 201 Å². The SMILES string of the molecule is COC(C)(C)CCN1CCCC(N(CCC(C)C)c2ccc(OCc3ccccc3)cc2)C1. The van der Waals surface area contributed by atoms with Gasteiger partial charge >= 0.3 is 0 Å². The molecule has 4 nitrogen and oxygen atoms in total. The van der Waals surface area contributed by atoms with Crippen molar-refractivity contribution in [1.82, 2.24) is 4.90 Å². The zero-order valence-electron chi connectivity index (χ0n) is 21.4. The van der Waals surface area contributed by atoms with E-state index in [2.05, 4.69) is 86.0 Å². The Morgan fingerprint density at radius 2 is 1.79 bits per heavy atom. The standard InChI is InChI=1S/C29H44N2O2/c1-24(2)17-20-31(27-12-9-19-30(22-27)21-18-29(3,4)32-5)26-13-15-28(16-14-26)33-23-25-10-7-6-8-11-25/h6-8,10-11,13-16,24,27H,9,12,17-23H2,1-5H3. The van der Waals surface area contributed by atoms with Gasteiger partial charge in [0.25, 0.3) is 0 Å². The number of rotatable bonds is 12. The molecule has 0 aliphatic carbocycles. The number of hydrogen-bond donors (Lipinski definition) is 0. The molecule has 0 radical (unpaired) electrons. The number of nitrogens with zero attached hydrogens (tertiary/aromatic N) is 2. The predicted molar refractivity (Wildman–Crippen MR) is 139 cm³/mol. The zero-order valence-corrected chi connectivity index (χ0v) is 21.4. The van der Waals surface area contributed by atoms with Crippen LogP contribution >= 0.6 is 0 Å². The lowest BCUT2D eigenvalue weighted by Crippen LogP contribution is -2.49. The van der Waals surface area contributed by atoms with Crippen LogP contribution in [0.2, 0.25) is 0 Å². The summed E-state index contributed by atoms with van der Waals surface area (Å²) in [5.41, 5.74) is 2.45. The highest BCUT2D eigenvalue weighted by molar-refractivity contribution is 5.50. The molecule has 1 aliphatic rings. The van der Waals surface area contributed by atoms with Crippen molar-refractivity contribution < 1.29 is 9.47 Å². The van der Waals surface area contributed by atoms with Crippen LogP contribution in [0.5, 0.6) is 5.75 Å². The summed E-state index contributed by atoms with van der Waals surface area (Å²) < 4.78 is 11.7. The van der Waals surface area contributed by atoms with E-state index in [4.69, 9.17) is 9.47 Å². The molecule has 33 heavy (non-hydrogen) atoms. The Bertz CT molecular complexity index is 804. The molecule has 0 amide bonds. The molecule has 182 valence electrons. The van der Waals surface area contributed by atoms with Crippen LogP contribution < -0.4 is 9.64 Å². The van der Waals surface area contributed by atoms with Gasteiger partial charge in [0, 0.05) is 38.5 Å². The third-order valence-electron chi connectivity index (χ3n) is 6.87. The molecule has 1 heterocycles. The van der Waals surface area contributed by atoms with Gasteiger partial charge in [0.15, 0.2) is 0 Å². The number of benzene rings is 2. The van der Waals surface area contributed by atoms with Crippen molar-refractivity contribution in [1.29, 1.82) is 0 Å². The van der Waals surface area contributed by atoms with Crippen molar-refractivity contribution in [2.24, 2.45) is 5.92 Å². The molecule has 2 aromatic carbocycles. The average molecular weight is 453 g/mol. The van der Waals surface area contributed by atoms with Crippen molar-refractivity contribution in [3.63, 3.8) is 0 Å². The Hall–Kier alpha value is -2.04. The zero-order chi connectivity index (χ0) is 23.7. The second-order valence-corrected chi connectivity index (χ2v) is 10.5. The van der Waals surface area contributed by atoms with E-state index >= 15 is 0 Å². The van der Waals surface area contributed by atoms with Crippen LogP contribution in [0.1, 0.15) is 58.9 Å². The van der Waals surface area contributed by atoms with Gasteiger partial charge in [0.2, 0.25) is 0 Å². The minimum atomic E-state index is -0.0557. The fraction of sp³-hybridized carbons (Fsp3) is 0.586. The van der Waals surface area contributed by atoms with Gasteiger partial charge < -0.3 is 19.3 Å². The van der Waals surface area contributed by atoms with Crippen LogP contribution in [0.15, 0.2) is 54.6 Å². The first-order valence-corrected chi connectivity index (χ1v) is 12.7. The van der Waals surface area contributed by atoms with E-state index in [-0.39, 0.29) is 5.60 Å². The summed E-state index contributed by atoms with van der Waals surface area (Å²) in [6.45, 7) is 14.1.